The molecule has 7 heteroatoms. The Morgan fingerprint density at radius 3 is 2.86 bits per heavy atom. The van der Waals surface area contributed by atoms with Crippen LogP contribution in [0.2, 0.25) is 0 Å². The molecule has 1 aromatic heterocycles. The number of rotatable bonds is 7. The first kappa shape index (κ1) is 20.7. The Labute approximate surface area is 167 Å². The SMILES string of the molecule is CCCCOCC(=O)N1CCC[C@]2(CCC(=O)N(Cc3cnc(C)cn3)C2)C1. The van der Waals surface area contributed by atoms with E-state index in [-0.39, 0.29) is 23.8 Å². The lowest BCUT2D eigenvalue weighted by Crippen LogP contribution is -2.55. The number of aromatic nitrogens is 2. The van der Waals surface area contributed by atoms with Crippen molar-refractivity contribution in [2.24, 2.45) is 5.41 Å². The predicted molar refractivity (Wildman–Crippen MR) is 105 cm³/mol. The van der Waals surface area contributed by atoms with Crippen LogP contribution in [-0.2, 0) is 20.9 Å². The summed E-state index contributed by atoms with van der Waals surface area (Å²) >= 11 is 0. The molecule has 0 saturated carbocycles. The monoisotopic (exact) mass is 388 g/mol. The zero-order valence-electron chi connectivity index (χ0n) is 17.2. The average molecular weight is 389 g/mol. The largest absolute Gasteiger partial charge is 0.372 e. The van der Waals surface area contributed by atoms with E-state index < -0.39 is 0 Å². The van der Waals surface area contributed by atoms with Gasteiger partial charge in [0, 0.05) is 44.3 Å². The van der Waals surface area contributed by atoms with Crippen LogP contribution in [0.3, 0.4) is 0 Å². The molecule has 2 aliphatic heterocycles. The number of aryl methyl sites for hydroxylation is 1. The smallest absolute Gasteiger partial charge is 0.248 e. The molecule has 0 radical (unpaired) electrons. The lowest BCUT2D eigenvalue weighted by Gasteiger charge is -2.48. The van der Waals surface area contributed by atoms with Gasteiger partial charge in [-0.3, -0.25) is 19.6 Å². The van der Waals surface area contributed by atoms with Gasteiger partial charge in [0.25, 0.3) is 0 Å². The van der Waals surface area contributed by atoms with E-state index >= 15 is 0 Å². The molecule has 0 unspecified atom stereocenters. The van der Waals surface area contributed by atoms with Crippen LogP contribution < -0.4 is 0 Å². The first-order valence-corrected chi connectivity index (χ1v) is 10.4. The van der Waals surface area contributed by atoms with Crippen LogP contribution in [0.25, 0.3) is 0 Å². The topological polar surface area (TPSA) is 75.6 Å². The lowest BCUT2D eigenvalue weighted by molar-refractivity contribution is -0.146. The normalized spacial score (nSPS) is 22.7. The minimum absolute atomic E-state index is 0.0106. The number of hydrogen-bond donors (Lipinski definition) is 0. The molecule has 154 valence electrons. The van der Waals surface area contributed by atoms with Crippen molar-refractivity contribution in [2.75, 3.05) is 32.8 Å². The van der Waals surface area contributed by atoms with Gasteiger partial charge in [-0.15, -0.1) is 0 Å². The van der Waals surface area contributed by atoms with E-state index in [4.69, 9.17) is 4.74 Å². The van der Waals surface area contributed by atoms with Crippen molar-refractivity contribution in [1.82, 2.24) is 19.8 Å². The minimum Gasteiger partial charge on any atom is -0.372 e. The van der Waals surface area contributed by atoms with Crippen molar-refractivity contribution in [3.8, 4) is 0 Å². The third-order valence-corrected chi connectivity index (χ3v) is 5.82. The number of amides is 2. The molecular formula is C21H32N4O3. The standard InChI is InChI=1S/C21H32N4O3/c1-3-4-10-28-14-20(27)24-9-5-7-21(15-24)8-6-19(26)25(16-21)13-18-12-22-17(2)11-23-18/h11-12H,3-10,13-16H2,1-2H3/t21-/m0/s1. The summed E-state index contributed by atoms with van der Waals surface area (Å²) in [6.45, 7) is 7.49. The fourth-order valence-corrected chi connectivity index (χ4v) is 4.19. The van der Waals surface area contributed by atoms with Gasteiger partial charge in [0.15, 0.2) is 0 Å². The molecular weight excluding hydrogens is 356 g/mol. The van der Waals surface area contributed by atoms with Crippen molar-refractivity contribution >= 4 is 11.8 Å². The van der Waals surface area contributed by atoms with E-state index in [0.717, 1.165) is 50.0 Å². The first-order chi connectivity index (χ1) is 13.5. The highest BCUT2D eigenvalue weighted by Gasteiger charge is 2.42. The second-order valence-corrected chi connectivity index (χ2v) is 8.22. The Morgan fingerprint density at radius 2 is 2.11 bits per heavy atom. The maximum Gasteiger partial charge on any atom is 0.248 e. The highest BCUT2D eigenvalue weighted by Crippen LogP contribution is 2.39. The maximum absolute atomic E-state index is 12.6. The number of nitrogens with zero attached hydrogens (tertiary/aromatic N) is 4. The molecule has 2 aliphatic rings. The van der Waals surface area contributed by atoms with Crippen molar-refractivity contribution in [3.05, 3.63) is 23.8 Å². The number of carbonyl (C=O) groups is 2. The quantitative estimate of drug-likeness (QED) is 0.670. The Morgan fingerprint density at radius 1 is 1.25 bits per heavy atom. The van der Waals surface area contributed by atoms with Crippen LogP contribution >= 0.6 is 0 Å². The van der Waals surface area contributed by atoms with Gasteiger partial charge in [-0.2, -0.15) is 0 Å². The third-order valence-electron chi connectivity index (χ3n) is 5.82. The molecule has 2 saturated heterocycles. The molecule has 3 heterocycles. The second kappa shape index (κ2) is 9.45. The van der Waals surface area contributed by atoms with Crippen LogP contribution in [-0.4, -0.2) is 64.4 Å². The lowest BCUT2D eigenvalue weighted by atomic mass is 9.73. The molecule has 0 aromatic carbocycles. The van der Waals surface area contributed by atoms with E-state index in [1.807, 2.05) is 16.7 Å². The molecule has 0 bridgehead atoms. The average Bonchev–Trinajstić information content (AvgIpc) is 2.70. The molecule has 1 aromatic rings. The number of carbonyl (C=O) groups excluding carboxylic acids is 2. The Kier molecular flexibility index (Phi) is 6.99. The zero-order valence-corrected chi connectivity index (χ0v) is 17.2. The summed E-state index contributed by atoms with van der Waals surface area (Å²) < 4.78 is 5.52. The van der Waals surface area contributed by atoms with Crippen LogP contribution in [0.4, 0.5) is 0 Å². The molecule has 2 amide bonds. The van der Waals surface area contributed by atoms with Crippen LogP contribution in [0, 0.1) is 12.3 Å². The first-order valence-electron chi connectivity index (χ1n) is 10.4. The Bertz CT molecular complexity index is 679. The number of unbranched alkanes of at least 4 members (excludes halogenated alkanes) is 1. The molecule has 3 rings (SSSR count). The fraction of sp³-hybridized carbons (Fsp3) is 0.714. The summed E-state index contributed by atoms with van der Waals surface area (Å²) in [5.41, 5.74) is 1.67. The number of likely N-dealkylation sites (tertiary alicyclic amines) is 2. The highest BCUT2D eigenvalue weighted by atomic mass is 16.5. The van der Waals surface area contributed by atoms with Gasteiger partial charge in [-0.05, 0) is 32.6 Å². The van der Waals surface area contributed by atoms with E-state index in [9.17, 15) is 9.59 Å². The van der Waals surface area contributed by atoms with Crippen molar-refractivity contribution in [1.29, 1.82) is 0 Å². The molecule has 1 spiro atoms. The molecule has 28 heavy (non-hydrogen) atoms. The zero-order chi connectivity index (χ0) is 20.0. The Hall–Kier alpha value is -2.02. The summed E-state index contributed by atoms with van der Waals surface area (Å²) in [6.07, 6.45) is 8.94. The minimum atomic E-state index is -0.0106. The van der Waals surface area contributed by atoms with E-state index in [2.05, 4.69) is 16.9 Å². The van der Waals surface area contributed by atoms with E-state index in [1.165, 1.54) is 0 Å². The summed E-state index contributed by atoms with van der Waals surface area (Å²) in [5.74, 6) is 0.238. The molecule has 0 aliphatic carbocycles. The molecule has 1 atom stereocenters. The number of ether oxygens (including phenoxy) is 1. The molecule has 0 N–H and O–H groups in total. The summed E-state index contributed by atoms with van der Waals surface area (Å²) in [7, 11) is 0. The summed E-state index contributed by atoms with van der Waals surface area (Å²) in [5, 5.41) is 0. The molecule has 7 nitrogen and oxygen atoms in total. The third kappa shape index (κ3) is 5.28. The highest BCUT2D eigenvalue weighted by molar-refractivity contribution is 5.78. The van der Waals surface area contributed by atoms with Gasteiger partial charge in [0.2, 0.25) is 11.8 Å². The van der Waals surface area contributed by atoms with Gasteiger partial charge >= 0.3 is 0 Å². The number of piperidine rings is 2. The van der Waals surface area contributed by atoms with Gasteiger partial charge in [0.05, 0.1) is 24.1 Å². The van der Waals surface area contributed by atoms with Crippen LogP contribution in [0.15, 0.2) is 12.4 Å². The summed E-state index contributed by atoms with van der Waals surface area (Å²) in [6, 6.07) is 0. The number of hydrogen-bond acceptors (Lipinski definition) is 5. The Balaban J connectivity index is 1.59. The van der Waals surface area contributed by atoms with E-state index in [1.54, 1.807) is 12.4 Å². The fourth-order valence-electron chi connectivity index (χ4n) is 4.19. The van der Waals surface area contributed by atoms with Gasteiger partial charge in [0.1, 0.15) is 6.61 Å². The van der Waals surface area contributed by atoms with E-state index in [0.29, 0.717) is 32.7 Å². The van der Waals surface area contributed by atoms with Gasteiger partial charge in [-0.1, -0.05) is 13.3 Å². The second-order valence-electron chi connectivity index (χ2n) is 8.22. The van der Waals surface area contributed by atoms with Crippen molar-refractivity contribution in [3.63, 3.8) is 0 Å². The molecule has 2 fully saturated rings. The van der Waals surface area contributed by atoms with Crippen LogP contribution in [0.5, 0.6) is 0 Å². The summed E-state index contributed by atoms with van der Waals surface area (Å²) in [4.78, 5) is 37.6. The maximum atomic E-state index is 12.6. The van der Waals surface area contributed by atoms with Crippen LogP contribution in [0.1, 0.15) is 56.8 Å². The predicted octanol–water partition coefficient (Wildman–Crippen LogP) is 2.33. The van der Waals surface area contributed by atoms with Crippen molar-refractivity contribution in [2.45, 2.75) is 58.9 Å². The van der Waals surface area contributed by atoms with Gasteiger partial charge < -0.3 is 14.5 Å². The van der Waals surface area contributed by atoms with Gasteiger partial charge in [-0.25, -0.2) is 0 Å². The van der Waals surface area contributed by atoms with Crippen molar-refractivity contribution < 1.29 is 14.3 Å².